The van der Waals surface area contributed by atoms with Crippen molar-refractivity contribution in [3.05, 3.63) is 57.6 Å². The molecule has 3 rings (SSSR count). The molecule has 0 aromatic heterocycles. The molecule has 2 aromatic carbocycles. The van der Waals surface area contributed by atoms with E-state index in [4.69, 9.17) is 27.9 Å². The van der Waals surface area contributed by atoms with E-state index in [1.54, 1.807) is 12.1 Å². The summed E-state index contributed by atoms with van der Waals surface area (Å²) in [5, 5.41) is 2.75. The molecule has 1 fully saturated rings. The number of benzene rings is 2. The Labute approximate surface area is 168 Å². The maximum absolute atomic E-state index is 12.9. The van der Waals surface area contributed by atoms with Crippen molar-refractivity contribution in [2.45, 2.75) is 11.8 Å². The van der Waals surface area contributed by atoms with Crippen LogP contribution in [0.15, 0.2) is 41.3 Å². The molecule has 1 saturated heterocycles. The van der Waals surface area contributed by atoms with Gasteiger partial charge in [0.25, 0.3) is 5.91 Å². The lowest BCUT2D eigenvalue weighted by Gasteiger charge is -2.26. The van der Waals surface area contributed by atoms with Crippen LogP contribution in [0.3, 0.4) is 0 Å². The number of carbonyl (C=O) groups excluding carboxylic acids is 1. The van der Waals surface area contributed by atoms with E-state index >= 15 is 0 Å². The molecule has 1 amide bonds. The lowest BCUT2D eigenvalue weighted by Crippen LogP contribution is -2.40. The van der Waals surface area contributed by atoms with Crippen LogP contribution in [0, 0.1) is 6.92 Å². The quantitative estimate of drug-likeness (QED) is 0.807. The number of aryl methyl sites for hydroxylation is 1. The van der Waals surface area contributed by atoms with Crippen molar-refractivity contribution in [2.75, 3.05) is 31.6 Å². The second-order valence-corrected chi connectivity index (χ2v) is 8.82. The topological polar surface area (TPSA) is 75.7 Å². The smallest absolute Gasteiger partial charge is 0.257 e. The van der Waals surface area contributed by atoms with Gasteiger partial charge < -0.3 is 10.1 Å². The van der Waals surface area contributed by atoms with Gasteiger partial charge in [0.05, 0.1) is 28.8 Å². The van der Waals surface area contributed by atoms with Gasteiger partial charge in [0, 0.05) is 18.8 Å². The molecular weight excluding hydrogens is 411 g/mol. The monoisotopic (exact) mass is 428 g/mol. The number of hydrogen-bond acceptors (Lipinski definition) is 4. The Kier molecular flexibility index (Phi) is 6.08. The van der Waals surface area contributed by atoms with Crippen molar-refractivity contribution in [3.63, 3.8) is 0 Å². The maximum atomic E-state index is 12.9. The van der Waals surface area contributed by atoms with E-state index in [1.807, 2.05) is 19.1 Å². The van der Waals surface area contributed by atoms with Gasteiger partial charge in [-0.2, -0.15) is 4.31 Å². The number of nitrogens with one attached hydrogen (secondary N) is 1. The Morgan fingerprint density at radius 3 is 2.33 bits per heavy atom. The third-order valence-electron chi connectivity index (χ3n) is 4.16. The lowest BCUT2D eigenvalue weighted by molar-refractivity contribution is 0.0730. The van der Waals surface area contributed by atoms with Crippen LogP contribution < -0.4 is 5.32 Å². The van der Waals surface area contributed by atoms with Crippen molar-refractivity contribution in [1.29, 1.82) is 0 Å². The first-order valence-electron chi connectivity index (χ1n) is 8.24. The van der Waals surface area contributed by atoms with E-state index in [9.17, 15) is 13.2 Å². The van der Waals surface area contributed by atoms with Crippen molar-refractivity contribution in [3.8, 4) is 0 Å². The average molecular weight is 429 g/mol. The van der Waals surface area contributed by atoms with E-state index in [2.05, 4.69) is 5.32 Å². The van der Waals surface area contributed by atoms with Gasteiger partial charge in [-0.15, -0.1) is 0 Å². The van der Waals surface area contributed by atoms with Crippen LogP contribution in [-0.2, 0) is 14.8 Å². The minimum Gasteiger partial charge on any atom is -0.379 e. The van der Waals surface area contributed by atoms with Crippen LogP contribution in [0.5, 0.6) is 0 Å². The lowest BCUT2D eigenvalue weighted by atomic mass is 10.2. The molecule has 0 aliphatic carbocycles. The summed E-state index contributed by atoms with van der Waals surface area (Å²) in [6.45, 7) is 3.01. The Hall–Kier alpha value is -1.64. The third kappa shape index (κ3) is 4.44. The first-order chi connectivity index (χ1) is 12.8. The first-order valence-corrected chi connectivity index (χ1v) is 10.4. The SMILES string of the molecule is Cc1ccc(NC(=O)c2cc(S(=O)(=O)N3CCOCC3)c(Cl)cc2Cl)cc1. The molecule has 0 unspecified atom stereocenters. The van der Waals surface area contributed by atoms with Gasteiger partial charge in [0.2, 0.25) is 10.0 Å². The molecule has 1 aliphatic rings. The Morgan fingerprint density at radius 1 is 1.07 bits per heavy atom. The van der Waals surface area contributed by atoms with Gasteiger partial charge >= 0.3 is 0 Å². The van der Waals surface area contributed by atoms with E-state index in [1.165, 1.54) is 16.4 Å². The van der Waals surface area contributed by atoms with Crippen LogP contribution in [-0.4, -0.2) is 44.9 Å². The van der Waals surface area contributed by atoms with Crippen LogP contribution in [0.1, 0.15) is 15.9 Å². The molecule has 9 heteroatoms. The molecular formula is C18H18Cl2N2O4S. The highest BCUT2D eigenvalue weighted by atomic mass is 35.5. The molecule has 1 N–H and O–H groups in total. The highest BCUT2D eigenvalue weighted by molar-refractivity contribution is 7.89. The molecule has 1 heterocycles. The summed E-state index contributed by atoms with van der Waals surface area (Å²) in [6, 6.07) is 9.71. The average Bonchev–Trinajstić information content (AvgIpc) is 2.64. The minimum atomic E-state index is -3.86. The van der Waals surface area contributed by atoms with E-state index in [0.29, 0.717) is 18.9 Å². The molecule has 1 aliphatic heterocycles. The Morgan fingerprint density at radius 2 is 1.70 bits per heavy atom. The van der Waals surface area contributed by atoms with E-state index < -0.39 is 15.9 Å². The number of rotatable bonds is 4. The van der Waals surface area contributed by atoms with Crippen LogP contribution in [0.2, 0.25) is 10.0 Å². The highest BCUT2D eigenvalue weighted by Gasteiger charge is 2.30. The summed E-state index contributed by atoms with van der Waals surface area (Å²) >= 11 is 12.3. The minimum absolute atomic E-state index is 0.0293. The zero-order chi connectivity index (χ0) is 19.6. The number of morpholine rings is 1. The predicted octanol–water partition coefficient (Wildman–Crippen LogP) is 3.58. The molecule has 0 radical (unpaired) electrons. The summed E-state index contributed by atoms with van der Waals surface area (Å²) in [5.41, 5.74) is 1.67. The van der Waals surface area contributed by atoms with Crippen LogP contribution in [0.4, 0.5) is 5.69 Å². The maximum Gasteiger partial charge on any atom is 0.257 e. The highest BCUT2D eigenvalue weighted by Crippen LogP contribution is 2.31. The van der Waals surface area contributed by atoms with Crippen molar-refractivity contribution in [2.24, 2.45) is 0 Å². The standard InChI is InChI=1S/C18H18Cl2N2O4S/c1-12-2-4-13(5-3-12)21-18(23)14-10-17(16(20)11-15(14)19)27(24,25)22-6-8-26-9-7-22/h2-5,10-11H,6-9H2,1H3,(H,21,23). The van der Waals surface area contributed by atoms with Gasteiger partial charge in [0.15, 0.2) is 0 Å². The zero-order valence-corrected chi connectivity index (χ0v) is 16.9. The van der Waals surface area contributed by atoms with Crippen molar-refractivity contribution < 1.29 is 17.9 Å². The number of anilines is 1. The van der Waals surface area contributed by atoms with Crippen LogP contribution >= 0.6 is 23.2 Å². The van der Waals surface area contributed by atoms with E-state index in [0.717, 1.165) is 5.56 Å². The first kappa shape index (κ1) is 20.1. The number of hydrogen-bond donors (Lipinski definition) is 1. The van der Waals surface area contributed by atoms with Gasteiger partial charge in [-0.05, 0) is 31.2 Å². The van der Waals surface area contributed by atoms with Crippen LogP contribution in [0.25, 0.3) is 0 Å². The second kappa shape index (κ2) is 8.16. The molecule has 0 atom stereocenters. The van der Waals surface area contributed by atoms with Gasteiger partial charge in [-0.3, -0.25) is 4.79 Å². The van der Waals surface area contributed by atoms with Gasteiger partial charge in [-0.1, -0.05) is 40.9 Å². The van der Waals surface area contributed by atoms with Crippen molar-refractivity contribution in [1.82, 2.24) is 4.31 Å². The summed E-state index contributed by atoms with van der Waals surface area (Å²) in [5.74, 6) is -0.515. The number of ether oxygens (including phenoxy) is 1. The molecule has 6 nitrogen and oxygen atoms in total. The second-order valence-electron chi connectivity index (χ2n) is 6.10. The molecule has 0 bridgehead atoms. The predicted molar refractivity (Wildman–Crippen MR) is 105 cm³/mol. The fourth-order valence-corrected chi connectivity index (χ4v) is 4.90. The molecule has 2 aromatic rings. The summed E-state index contributed by atoms with van der Waals surface area (Å²) in [7, 11) is -3.86. The molecule has 0 saturated carbocycles. The normalized spacial score (nSPS) is 15.5. The summed E-state index contributed by atoms with van der Waals surface area (Å²) in [6.07, 6.45) is 0. The van der Waals surface area contributed by atoms with Gasteiger partial charge in [0.1, 0.15) is 4.90 Å². The number of nitrogens with zero attached hydrogens (tertiary/aromatic N) is 1. The van der Waals surface area contributed by atoms with E-state index in [-0.39, 0.29) is 33.6 Å². The number of halogens is 2. The number of sulfonamides is 1. The third-order valence-corrected chi connectivity index (χ3v) is 6.84. The zero-order valence-electron chi connectivity index (χ0n) is 14.5. The molecule has 144 valence electrons. The molecule has 0 spiro atoms. The largest absolute Gasteiger partial charge is 0.379 e. The summed E-state index contributed by atoms with van der Waals surface area (Å²) < 4.78 is 32.3. The van der Waals surface area contributed by atoms with Gasteiger partial charge in [-0.25, -0.2) is 8.42 Å². The number of amides is 1. The fraction of sp³-hybridized carbons (Fsp3) is 0.278. The Balaban J connectivity index is 1.93. The Bertz CT molecular complexity index is 956. The van der Waals surface area contributed by atoms with Crippen molar-refractivity contribution >= 4 is 44.8 Å². The fourth-order valence-electron chi connectivity index (χ4n) is 2.66. The molecule has 27 heavy (non-hydrogen) atoms. The summed E-state index contributed by atoms with van der Waals surface area (Å²) in [4.78, 5) is 12.5. The number of carbonyl (C=O) groups is 1.